The zero-order valence-corrected chi connectivity index (χ0v) is 21.8. The highest BCUT2D eigenvalue weighted by atomic mass is 35.5. The van der Waals surface area contributed by atoms with Gasteiger partial charge in [0.1, 0.15) is 25.5 Å². The van der Waals surface area contributed by atoms with Crippen molar-refractivity contribution in [2.45, 2.75) is 12.5 Å². The molecule has 0 radical (unpaired) electrons. The molecule has 202 valence electrons. The van der Waals surface area contributed by atoms with Crippen molar-refractivity contribution < 1.29 is 14.4 Å². The molecule has 1 aliphatic rings. The number of piperazine rings is 1. The van der Waals surface area contributed by atoms with Gasteiger partial charge in [-0.1, -0.05) is 47.2 Å². The number of fused-ring (bicyclic) bond motifs is 1. The van der Waals surface area contributed by atoms with Crippen molar-refractivity contribution >= 4 is 58.2 Å². The third kappa shape index (κ3) is 5.38. The number of amides is 3. The van der Waals surface area contributed by atoms with Crippen molar-refractivity contribution in [1.29, 1.82) is 10.9 Å². The summed E-state index contributed by atoms with van der Waals surface area (Å²) in [6.45, 7) is -0.732. The van der Waals surface area contributed by atoms with Crippen LogP contribution in [-0.2, 0) is 20.8 Å². The fourth-order valence-electron chi connectivity index (χ4n) is 4.59. The minimum atomic E-state index is -0.977. The van der Waals surface area contributed by atoms with Crippen LogP contribution in [0.1, 0.15) is 5.56 Å². The summed E-state index contributed by atoms with van der Waals surface area (Å²) in [6.07, 6.45) is 4.32. The first-order valence-electron chi connectivity index (χ1n) is 12.2. The molecular formula is C27H24ClN9O3. The van der Waals surface area contributed by atoms with Crippen molar-refractivity contribution in [3.63, 3.8) is 0 Å². The number of hydrogen-bond acceptors (Lipinski definition) is 7. The molecular weight excluding hydrogens is 534 g/mol. The Labute approximate surface area is 233 Å². The second-order valence-corrected chi connectivity index (χ2v) is 9.46. The average Bonchev–Trinajstić information content (AvgIpc) is 3.43. The smallest absolute Gasteiger partial charge is 0.247 e. The standard InChI is InChI=1S/C27H24ClN9O3/c28-19-6-9-22(37(17-29)33-30)23(13-19)34-15-26(39)35(16-25(34)38)24(12-18-4-2-1-3-5-18)27(40)32-20-7-8-21-10-11-31-36(21)14-20/h1-11,13-14,17,24,29-30H,12,15-16H2,(H,32,40). The lowest BCUT2D eigenvalue weighted by atomic mass is 10.0. The number of aromatic nitrogens is 2. The molecule has 40 heavy (non-hydrogen) atoms. The van der Waals surface area contributed by atoms with E-state index in [4.69, 9.17) is 22.5 Å². The van der Waals surface area contributed by atoms with E-state index in [9.17, 15) is 14.4 Å². The summed E-state index contributed by atoms with van der Waals surface area (Å²) in [6, 6.07) is 18.2. The maximum Gasteiger partial charge on any atom is 0.247 e. The molecule has 3 heterocycles. The van der Waals surface area contributed by atoms with E-state index in [2.05, 4.69) is 15.6 Å². The van der Waals surface area contributed by atoms with E-state index in [0.717, 1.165) is 22.4 Å². The number of benzene rings is 2. The van der Waals surface area contributed by atoms with Crippen LogP contribution in [0.2, 0.25) is 5.02 Å². The summed E-state index contributed by atoms with van der Waals surface area (Å²) in [4.78, 5) is 43.1. The maximum absolute atomic E-state index is 13.6. The van der Waals surface area contributed by atoms with Crippen molar-refractivity contribution in [1.82, 2.24) is 14.5 Å². The summed E-state index contributed by atoms with van der Waals surface area (Å²) in [7, 11) is 0. The zero-order chi connectivity index (χ0) is 28.2. The largest absolute Gasteiger partial charge is 0.323 e. The molecule has 2 aromatic carbocycles. The van der Waals surface area contributed by atoms with Gasteiger partial charge in [0.2, 0.25) is 17.7 Å². The predicted octanol–water partition coefficient (Wildman–Crippen LogP) is 3.77. The Morgan fingerprint density at radius 2 is 1.90 bits per heavy atom. The van der Waals surface area contributed by atoms with E-state index in [0.29, 0.717) is 10.7 Å². The van der Waals surface area contributed by atoms with Gasteiger partial charge in [0, 0.05) is 17.6 Å². The molecule has 5 rings (SSSR count). The van der Waals surface area contributed by atoms with Crippen LogP contribution in [0.3, 0.4) is 0 Å². The van der Waals surface area contributed by atoms with Gasteiger partial charge in [-0.05, 0) is 42.0 Å². The van der Waals surface area contributed by atoms with Crippen molar-refractivity contribution in [3.05, 3.63) is 89.7 Å². The maximum atomic E-state index is 13.6. The SMILES string of the molecule is N=CN(N=N)c1ccc(Cl)cc1N1CC(=O)N(C(Cc2ccccc2)C(=O)Nc2ccc3ccnn3c2)CC1=O. The Bertz CT molecular complexity index is 1600. The molecule has 0 bridgehead atoms. The van der Waals surface area contributed by atoms with E-state index in [-0.39, 0.29) is 30.9 Å². The molecule has 0 spiro atoms. The van der Waals surface area contributed by atoms with Gasteiger partial charge < -0.3 is 10.2 Å². The lowest BCUT2D eigenvalue weighted by Gasteiger charge is -2.38. The Hall–Kier alpha value is -5.10. The molecule has 0 aliphatic carbocycles. The monoisotopic (exact) mass is 557 g/mol. The molecule has 1 saturated heterocycles. The minimum absolute atomic E-state index is 0.192. The quantitative estimate of drug-likeness (QED) is 0.124. The molecule has 1 fully saturated rings. The fraction of sp³-hybridized carbons (Fsp3) is 0.148. The molecule has 1 aliphatic heterocycles. The van der Waals surface area contributed by atoms with Gasteiger partial charge >= 0.3 is 0 Å². The van der Waals surface area contributed by atoms with E-state index in [1.165, 1.54) is 28.0 Å². The predicted molar refractivity (Wildman–Crippen MR) is 150 cm³/mol. The second kappa shape index (κ2) is 11.3. The highest BCUT2D eigenvalue weighted by molar-refractivity contribution is 6.31. The van der Waals surface area contributed by atoms with Gasteiger partial charge in [0.15, 0.2) is 0 Å². The molecule has 13 heteroatoms. The van der Waals surface area contributed by atoms with E-state index in [1.54, 1.807) is 23.0 Å². The number of rotatable bonds is 9. The summed E-state index contributed by atoms with van der Waals surface area (Å²) < 4.78 is 1.62. The van der Waals surface area contributed by atoms with Crippen LogP contribution in [-0.4, -0.2) is 57.7 Å². The summed E-state index contributed by atoms with van der Waals surface area (Å²) >= 11 is 6.18. The number of halogens is 1. The Kier molecular flexibility index (Phi) is 7.51. The first-order valence-corrected chi connectivity index (χ1v) is 12.6. The van der Waals surface area contributed by atoms with Gasteiger partial charge in [0.05, 0.1) is 28.8 Å². The van der Waals surface area contributed by atoms with E-state index in [1.807, 2.05) is 42.5 Å². The Morgan fingerprint density at radius 3 is 2.65 bits per heavy atom. The van der Waals surface area contributed by atoms with Gasteiger partial charge in [-0.3, -0.25) is 24.7 Å². The summed E-state index contributed by atoms with van der Waals surface area (Å²) in [5.74, 6) is -1.36. The van der Waals surface area contributed by atoms with Gasteiger partial charge in [-0.25, -0.2) is 9.52 Å². The lowest BCUT2D eigenvalue weighted by Crippen LogP contribution is -2.60. The van der Waals surface area contributed by atoms with Crippen LogP contribution in [0.4, 0.5) is 17.1 Å². The van der Waals surface area contributed by atoms with E-state index >= 15 is 0 Å². The molecule has 3 N–H and O–H groups in total. The lowest BCUT2D eigenvalue weighted by molar-refractivity contribution is -0.143. The molecule has 1 unspecified atom stereocenters. The Balaban J connectivity index is 1.43. The minimum Gasteiger partial charge on any atom is -0.323 e. The van der Waals surface area contributed by atoms with E-state index < -0.39 is 23.8 Å². The van der Waals surface area contributed by atoms with Crippen molar-refractivity contribution in [2.75, 3.05) is 28.3 Å². The van der Waals surface area contributed by atoms with Gasteiger partial charge in [-0.15, -0.1) is 0 Å². The highest BCUT2D eigenvalue weighted by Gasteiger charge is 2.39. The third-order valence-electron chi connectivity index (χ3n) is 6.54. The molecule has 3 amide bonds. The zero-order valence-electron chi connectivity index (χ0n) is 21.1. The average molecular weight is 558 g/mol. The van der Waals surface area contributed by atoms with Crippen LogP contribution in [0.25, 0.3) is 5.52 Å². The van der Waals surface area contributed by atoms with Crippen molar-refractivity contribution in [2.24, 2.45) is 5.22 Å². The Morgan fingerprint density at radius 1 is 1.10 bits per heavy atom. The molecule has 4 aromatic rings. The first-order chi connectivity index (χ1) is 19.4. The third-order valence-corrected chi connectivity index (χ3v) is 6.77. The van der Waals surface area contributed by atoms with Crippen LogP contribution < -0.4 is 15.2 Å². The first kappa shape index (κ1) is 26.5. The normalized spacial score (nSPS) is 14.2. The van der Waals surface area contributed by atoms with Crippen LogP contribution in [0.5, 0.6) is 0 Å². The van der Waals surface area contributed by atoms with Crippen molar-refractivity contribution in [3.8, 4) is 0 Å². The highest BCUT2D eigenvalue weighted by Crippen LogP contribution is 2.34. The number of nitrogens with one attached hydrogen (secondary N) is 3. The molecule has 1 atom stereocenters. The van der Waals surface area contributed by atoms with Gasteiger partial charge in [0.25, 0.3) is 0 Å². The van der Waals surface area contributed by atoms with Crippen LogP contribution in [0.15, 0.2) is 84.3 Å². The van der Waals surface area contributed by atoms with Crippen LogP contribution in [0, 0.1) is 10.9 Å². The topological polar surface area (TPSA) is 150 Å². The molecule has 0 saturated carbocycles. The fourth-order valence-corrected chi connectivity index (χ4v) is 4.76. The number of nitrogens with zero attached hydrogens (tertiary/aromatic N) is 6. The summed E-state index contributed by atoms with van der Waals surface area (Å²) in [5, 5.41) is 19.1. The molecule has 2 aromatic heterocycles. The number of pyridine rings is 1. The molecule has 12 nitrogen and oxygen atoms in total. The summed E-state index contributed by atoms with van der Waals surface area (Å²) in [5.41, 5.74) is 9.99. The number of anilines is 3. The number of carbonyl (C=O) groups is 3. The number of hydrogen-bond donors (Lipinski definition) is 3. The second-order valence-electron chi connectivity index (χ2n) is 9.02. The number of carbonyl (C=O) groups excluding carboxylic acids is 3. The van der Waals surface area contributed by atoms with Crippen LogP contribution >= 0.6 is 11.6 Å². The van der Waals surface area contributed by atoms with Gasteiger partial charge in [-0.2, -0.15) is 10.6 Å².